The molecule has 8 heteroatoms. The molecule has 0 radical (unpaired) electrons. The number of amides is 1. The Bertz CT molecular complexity index is 987. The van der Waals surface area contributed by atoms with Gasteiger partial charge in [0.2, 0.25) is 5.91 Å². The number of carbonyl (C=O) groups excluding carboxylic acids is 3. The Hall–Kier alpha value is -2.61. The fourth-order valence-electron chi connectivity index (χ4n) is 4.90. The molecule has 30 heavy (non-hydrogen) atoms. The normalized spacial score (nSPS) is 29.0. The highest BCUT2D eigenvalue weighted by molar-refractivity contribution is 9.11. The summed E-state index contributed by atoms with van der Waals surface area (Å²) in [6.07, 6.45) is 3.62. The van der Waals surface area contributed by atoms with E-state index in [2.05, 4.69) is 21.2 Å². The Balaban J connectivity index is 2.02. The molecule has 1 amide bonds. The van der Waals surface area contributed by atoms with Crippen LogP contribution in [0.15, 0.2) is 46.6 Å². The fraction of sp³-hybridized carbons (Fsp3) is 0.409. The molecule has 3 aliphatic heterocycles. The molecular weight excluding hydrogens is 452 g/mol. The first-order chi connectivity index (χ1) is 14.4. The monoisotopic (exact) mass is 474 g/mol. The predicted octanol–water partition coefficient (Wildman–Crippen LogP) is 2.87. The van der Waals surface area contributed by atoms with Crippen LogP contribution in [0.2, 0.25) is 0 Å². The Morgan fingerprint density at radius 1 is 1.17 bits per heavy atom. The van der Waals surface area contributed by atoms with Crippen LogP contribution in [0.25, 0.3) is 0 Å². The van der Waals surface area contributed by atoms with Gasteiger partial charge in [-0.1, -0.05) is 34.1 Å². The van der Waals surface area contributed by atoms with Gasteiger partial charge in [-0.25, -0.2) is 4.79 Å². The van der Waals surface area contributed by atoms with Crippen molar-refractivity contribution in [3.63, 3.8) is 0 Å². The van der Waals surface area contributed by atoms with E-state index in [0.29, 0.717) is 11.3 Å². The number of benzene rings is 1. The highest BCUT2D eigenvalue weighted by Crippen LogP contribution is 2.58. The van der Waals surface area contributed by atoms with Crippen LogP contribution in [0.4, 0.5) is 5.69 Å². The van der Waals surface area contributed by atoms with Crippen LogP contribution >= 0.6 is 15.9 Å². The first-order valence-corrected chi connectivity index (χ1v) is 10.7. The van der Waals surface area contributed by atoms with E-state index in [-0.39, 0.29) is 19.1 Å². The molecule has 3 heterocycles. The number of fused-ring (bicyclic) bond motifs is 4. The van der Waals surface area contributed by atoms with Crippen molar-refractivity contribution in [3.8, 4) is 0 Å². The van der Waals surface area contributed by atoms with Crippen LogP contribution in [0.3, 0.4) is 0 Å². The number of allylic oxidation sites excluding steroid dienone is 2. The van der Waals surface area contributed by atoms with Crippen molar-refractivity contribution < 1.29 is 23.9 Å². The summed E-state index contributed by atoms with van der Waals surface area (Å²) in [5, 5.41) is 2.92. The quantitative estimate of drug-likeness (QED) is 0.675. The van der Waals surface area contributed by atoms with Gasteiger partial charge in [0.15, 0.2) is 0 Å². The highest BCUT2D eigenvalue weighted by Gasteiger charge is 2.72. The number of carbonyl (C=O) groups is 3. The second-order valence-corrected chi connectivity index (χ2v) is 8.35. The molecule has 0 aliphatic carbocycles. The molecule has 1 spiro atoms. The first-order valence-electron chi connectivity index (χ1n) is 9.95. The maximum Gasteiger partial charge on any atom is 0.329 e. The topological polar surface area (TPSA) is 84.9 Å². The minimum absolute atomic E-state index is 0.140. The van der Waals surface area contributed by atoms with Gasteiger partial charge >= 0.3 is 11.9 Å². The van der Waals surface area contributed by atoms with Gasteiger partial charge in [0.05, 0.1) is 19.3 Å². The maximum atomic E-state index is 13.6. The van der Waals surface area contributed by atoms with E-state index in [4.69, 9.17) is 9.47 Å². The van der Waals surface area contributed by atoms with Gasteiger partial charge in [-0.05, 0) is 44.1 Å². The van der Waals surface area contributed by atoms with Crippen LogP contribution in [-0.2, 0) is 29.3 Å². The summed E-state index contributed by atoms with van der Waals surface area (Å²) >= 11 is 3.66. The van der Waals surface area contributed by atoms with E-state index in [9.17, 15) is 14.4 Å². The van der Waals surface area contributed by atoms with E-state index in [0.717, 1.165) is 10.1 Å². The van der Waals surface area contributed by atoms with Crippen LogP contribution in [0, 0.1) is 5.92 Å². The van der Waals surface area contributed by atoms with Gasteiger partial charge < -0.3 is 19.7 Å². The average molecular weight is 475 g/mol. The zero-order chi connectivity index (χ0) is 21.6. The summed E-state index contributed by atoms with van der Waals surface area (Å²) in [6.45, 7) is 5.64. The molecule has 1 saturated heterocycles. The van der Waals surface area contributed by atoms with Crippen molar-refractivity contribution in [2.75, 3.05) is 18.5 Å². The third-order valence-corrected chi connectivity index (χ3v) is 7.09. The SMILES string of the molecule is CCOC(=O)[C@H]1[C@H](C(=O)OCC)[C@]2(C(=O)Nc3ccccc32)C2C(Br)=C(C)C=CN21. The molecule has 4 atom stereocenters. The zero-order valence-corrected chi connectivity index (χ0v) is 18.6. The standard InChI is InChI=1S/C22H23BrN2O5/c1-4-29-19(26)15-17(20(27)30-5-2)25-11-10-12(3)16(23)18(25)22(15)13-8-6-7-9-14(13)24-21(22)28/h6-11,15,17-18H,4-5H2,1-3H3,(H,24,28)/t15-,17-,18?,22+/m1/s1. The van der Waals surface area contributed by atoms with Crippen LogP contribution in [-0.4, -0.2) is 48.0 Å². The Kier molecular flexibility index (Phi) is 5.22. The first kappa shape index (κ1) is 20.7. The third-order valence-electron chi connectivity index (χ3n) is 6.04. The summed E-state index contributed by atoms with van der Waals surface area (Å²) in [5.41, 5.74) is 0.883. The lowest BCUT2D eigenvalue weighted by Crippen LogP contribution is -2.52. The smallest absolute Gasteiger partial charge is 0.329 e. The van der Waals surface area contributed by atoms with Crippen LogP contribution in [0.5, 0.6) is 0 Å². The number of anilines is 1. The molecule has 0 saturated carbocycles. The second kappa shape index (κ2) is 7.58. The van der Waals surface area contributed by atoms with Gasteiger partial charge in [0.25, 0.3) is 0 Å². The number of hydrogen-bond donors (Lipinski definition) is 1. The Morgan fingerprint density at radius 2 is 1.83 bits per heavy atom. The van der Waals surface area contributed by atoms with Crippen molar-refractivity contribution >= 4 is 39.5 Å². The molecule has 1 unspecified atom stereocenters. The predicted molar refractivity (Wildman–Crippen MR) is 114 cm³/mol. The van der Waals surface area contributed by atoms with Crippen LogP contribution in [0.1, 0.15) is 26.3 Å². The Labute approximate surface area is 183 Å². The number of para-hydroxylation sites is 1. The van der Waals surface area contributed by atoms with Gasteiger partial charge in [0, 0.05) is 16.4 Å². The number of ether oxygens (including phenoxy) is 2. The molecule has 1 N–H and O–H groups in total. The number of halogens is 1. The summed E-state index contributed by atoms with van der Waals surface area (Å²) in [5.74, 6) is -2.56. The summed E-state index contributed by atoms with van der Waals surface area (Å²) < 4.78 is 11.5. The summed E-state index contributed by atoms with van der Waals surface area (Å²) in [7, 11) is 0. The third kappa shape index (κ3) is 2.66. The van der Waals surface area contributed by atoms with E-state index >= 15 is 0 Å². The lowest BCUT2D eigenvalue weighted by atomic mass is 9.66. The van der Waals surface area contributed by atoms with Gasteiger partial charge in [-0.15, -0.1) is 0 Å². The number of hydrogen-bond acceptors (Lipinski definition) is 6. The minimum atomic E-state index is -1.34. The molecule has 1 aromatic rings. The van der Waals surface area contributed by atoms with Gasteiger partial charge in [-0.3, -0.25) is 9.59 Å². The maximum absolute atomic E-state index is 13.6. The Morgan fingerprint density at radius 3 is 2.53 bits per heavy atom. The van der Waals surface area contributed by atoms with E-state index in [1.165, 1.54) is 0 Å². The van der Waals surface area contributed by atoms with E-state index < -0.39 is 35.4 Å². The molecule has 1 fully saturated rings. The summed E-state index contributed by atoms with van der Waals surface area (Å²) in [4.78, 5) is 41.8. The fourth-order valence-corrected chi connectivity index (χ4v) is 5.63. The number of nitrogens with zero attached hydrogens (tertiary/aromatic N) is 1. The van der Waals surface area contributed by atoms with Crippen molar-refractivity contribution in [1.29, 1.82) is 0 Å². The van der Waals surface area contributed by atoms with Crippen molar-refractivity contribution in [3.05, 3.63) is 52.2 Å². The second-order valence-electron chi connectivity index (χ2n) is 7.49. The molecule has 158 valence electrons. The highest BCUT2D eigenvalue weighted by atomic mass is 79.9. The van der Waals surface area contributed by atoms with Gasteiger partial charge in [-0.2, -0.15) is 0 Å². The summed E-state index contributed by atoms with van der Waals surface area (Å²) in [6, 6.07) is 5.70. The molecule has 0 bridgehead atoms. The largest absolute Gasteiger partial charge is 0.466 e. The molecule has 0 aromatic heterocycles. The lowest BCUT2D eigenvalue weighted by Gasteiger charge is -2.37. The molecule has 4 rings (SSSR count). The zero-order valence-electron chi connectivity index (χ0n) is 17.0. The van der Waals surface area contributed by atoms with Crippen molar-refractivity contribution in [2.45, 2.75) is 38.3 Å². The molecule has 7 nitrogen and oxygen atoms in total. The average Bonchev–Trinajstić information content (AvgIpc) is 3.19. The van der Waals surface area contributed by atoms with Crippen molar-refractivity contribution in [2.24, 2.45) is 5.92 Å². The van der Waals surface area contributed by atoms with E-state index in [1.807, 2.05) is 31.2 Å². The molecule has 3 aliphatic rings. The molecular formula is C22H23BrN2O5. The number of rotatable bonds is 4. The lowest BCUT2D eigenvalue weighted by molar-refractivity contribution is -0.160. The number of nitrogens with one attached hydrogen (secondary N) is 1. The van der Waals surface area contributed by atoms with Crippen molar-refractivity contribution in [1.82, 2.24) is 4.90 Å². The molecule has 1 aromatic carbocycles. The minimum Gasteiger partial charge on any atom is -0.466 e. The number of esters is 2. The van der Waals surface area contributed by atoms with Crippen LogP contribution < -0.4 is 5.32 Å². The van der Waals surface area contributed by atoms with Gasteiger partial charge in [0.1, 0.15) is 17.4 Å². The van der Waals surface area contributed by atoms with E-state index in [1.54, 1.807) is 31.0 Å².